The minimum absolute atomic E-state index is 0.294. The summed E-state index contributed by atoms with van der Waals surface area (Å²) in [7, 11) is 7.74. The fourth-order valence-corrected chi connectivity index (χ4v) is 3.60. The van der Waals surface area contributed by atoms with Crippen LogP contribution in [0.2, 0.25) is 0 Å². The lowest BCUT2D eigenvalue weighted by atomic mass is 10.1. The summed E-state index contributed by atoms with van der Waals surface area (Å²) < 4.78 is 26.8. The number of methoxy groups -OCH3 is 5. The number of rotatable bonds is 10. The zero-order valence-corrected chi connectivity index (χ0v) is 21.0. The van der Waals surface area contributed by atoms with Crippen molar-refractivity contribution in [2.24, 2.45) is 0 Å². The zero-order valence-electron chi connectivity index (χ0n) is 21.0. The topological polar surface area (TPSA) is 101 Å². The first kappa shape index (κ1) is 26.0. The van der Waals surface area contributed by atoms with Gasteiger partial charge in [-0.2, -0.15) is 0 Å². The van der Waals surface area contributed by atoms with E-state index in [9.17, 15) is 4.79 Å². The molecule has 8 nitrogen and oxygen atoms in total. The molecule has 3 N–H and O–H groups in total. The van der Waals surface area contributed by atoms with E-state index in [2.05, 4.69) is 5.32 Å². The van der Waals surface area contributed by atoms with Gasteiger partial charge in [-0.05, 0) is 53.1 Å². The van der Waals surface area contributed by atoms with Crippen molar-refractivity contribution in [1.82, 2.24) is 0 Å². The number of amides is 1. The molecular formula is C28H30N2O6. The summed E-state index contributed by atoms with van der Waals surface area (Å²) in [5.74, 6) is 2.27. The smallest absolute Gasteiger partial charge is 0.248 e. The quantitative estimate of drug-likeness (QED) is 0.231. The molecule has 3 aromatic rings. The first-order valence-corrected chi connectivity index (χ1v) is 11.0. The van der Waals surface area contributed by atoms with E-state index >= 15 is 0 Å². The molecule has 3 aromatic carbocycles. The Labute approximate surface area is 210 Å². The van der Waals surface area contributed by atoms with Crippen LogP contribution in [-0.2, 0) is 4.79 Å². The molecule has 0 atom stereocenters. The third-order valence-electron chi connectivity index (χ3n) is 5.32. The Morgan fingerprint density at radius 3 is 1.86 bits per heavy atom. The van der Waals surface area contributed by atoms with Crippen LogP contribution in [0.1, 0.15) is 16.7 Å². The van der Waals surface area contributed by atoms with E-state index in [1.165, 1.54) is 20.3 Å². The molecule has 3 rings (SSSR count). The van der Waals surface area contributed by atoms with Crippen LogP contribution in [0, 0.1) is 0 Å². The summed E-state index contributed by atoms with van der Waals surface area (Å²) in [5, 5.41) is 2.91. The second-order valence-corrected chi connectivity index (χ2v) is 7.55. The van der Waals surface area contributed by atoms with Gasteiger partial charge in [0.2, 0.25) is 11.7 Å². The van der Waals surface area contributed by atoms with Crippen molar-refractivity contribution in [1.29, 1.82) is 0 Å². The van der Waals surface area contributed by atoms with Gasteiger partial charge in [0.15, 0.2) is 23.0 Å². The van der Waals surface area contributed by atoms with Crippen molar-refractivity contribution < 1.29 is 28.5 Å². The van der Waals surface area contributed by atoms with E-state index in [4.69, 9.17) is 29.4 Å². The molecule has 0 saturated heterocycles. The second kappa shape index (κ2) is 12.2. The third-order valence-corrected chi connectivity index (χ3v) is 5.32. The van der Waals surface area contributed by atoms with Crippen LogP contribution < -0.4 is 34.7 Å². The molecule has 0 radical (unpaired) electrons. The van der Waals surface area contributed by atoms with E-state index < -0.39 is 0 Å². The van der Waals surface area contributed by atoms with Crippen LogP contribution in [0.3, 0.4) is 0 Å². The molecule has 0 aliphatic heterocycles. The molecule has 0 saturated carbocycles. The fourth-order valence-electron chi connectivity index (χ4n) is 3.60. The lowest BCUT2D eigenvalue weighted by Gasteiger charge is -2.13. The lowest BCUT2D eigenvalue weighted by Crippen LogP contribution is -2.08. The highest BCUT2D eigenvalue weighted by molar-refractivity contribution is 6.03. The van der Waals surface area contributed by atoms with Gasteiger partial charge in [0.25, 0.3) is 0 Å². The Morgan fingerprint density at radius 1 is 0.722 bits per heavy atom. The molecule has 0 aromatic heterocycles. The molecule has 0 aliphatic rings. The van der Waals surface area contributed by atoms with Crippen LogP contribution in [-0.4, -0.2) is 41.5 Å². The number of hydrogen-bond acceptors (Lipinski definition) is 7. The molecule has 0 spiro atoms. The molecule has 0 aliphatic carbocycles. The number of carbonyl (C=O) groups is 1. The number of carbonyl (C=O) groups excluding carboxylic acids is 1. The highest BCUT2D eigenvalue weighted by Crippen LogP contribution is 2.39. The van der Waals surface area contributed by atoms with Crippen molar-refractivity contribution in [2.45, 2.75) is 0 Å². The van der Waals surface area contributed by atoms with Crippen molar-refractivity contribution in [3.63, 3.8) is 0 Å². The normalized spacial score (nSPS) is 10.9. The number of nitrogens with two attached hydrogens (primary N) is 1. The number of anilines is 2. The van der Waals surface area contributed by atoms with Gasteiger partial charge in [-0.15, -0.1) is 0 Å². The van der Waals surface area contributed by atoms with Crippen LogP contribution >= 0.6 is 0 Å². The minimum Gasteiger partial charge on any atom is -0.493 e. The number of benzene rings is 3. The largest absolute Gasteiger partial charge is 0.493 e. The van der Waals surface area contributed by atoms with Crippen LogP contribution in [0.4, 0.5) is 11.4 Å². The first-order valence-electron chi connectivity index (χ1n) is 11.0. The van der Waals surface area contributed by atoms with Crippen LogP contribution in [0.25, 0.3) is 18.2 Å². The molecule has 188 valence electrons. The maximum Gasteiger partial charge on any atom is 0.248 e. The van der Waals surface area contributed by atoms with Crippen molar-refractivity contribution >= 4 is 35.5 Å². The Balaban J connectivity index is 1.80. The zero-order chi connectivity index (χ0) is 26.1. The highest BCUT2D eigenvalue weighted by Gasteiger charge is 2.12. The SMILES string of the molecule is COc1cc(/C=C/C(=O)Nc2ccccc2C=Cc2cc(OC)c(OC)c(OC)c2)cc(N)c1OC. The van der Waals surface area contributed by atoms with Gasteiger partial charge in [0, 0.05) is 11.8 Å². The summed E-state index contributed by atoms with van der Waals surface area (Å²) in [6, 6.07) is 14.6. The van der Waals surface area contributed by atoms with Gasteiger partial charge in [0.05, 0.1) is 41.2 Å². The second-order valence-electron chi connectivity index (χ2n) is 7.55. The fraction of sp³-hybridized carbons (Fsp3) is 0.179. The minimum atomic E-state index is -0.294. The van der Waals surface area contributed by atoms with Gasteiger partial charge in [-0.3, -0.25) is 4.79 Å². The van der Waals surface area contributed by atoms with Crippen molar-refractivity contribution in [2.75, 3.05) is 46.6 Å². The Hall–Kier alpha value is -4.59. The number of nitrogen functional groups attached to an aromatic ring is 1. The van der Waals surface area contributed by atoms with E-state index in [-0.39, 0.29) is 5.91 Å². The maximum absolute atomic E-state index is 12.7. The van der Waals surface area contributed by atoms with Gasteiger partial charge in [0.1, 0.15) is 0 Å². The van der Waals surface area contributed by atoms with Crippen LogP contribution in [0.5, 0.6) is 28.7 Å². The first-order chi connectivity index (χ1) is 17.4. The van der Waals surface area contributed by atoms with E-state index in [1.807, 2.05) is 48.6 Å². The van der Waals surface area contributed by atoms with Crippen molar-refractivity contribution in [3.8, 4) is 28.7 Å². The molecule has 36 heavy (non-hydrogen) atoms. The van der Waals surface area contributed by atoms with Crippen LogP contribution in [0.15, 0.2) is 54.6 Å². The summed E-state index contributed by atoms with van der Waals surface area (Å²) in [6.45, 7) is 0. The summed E-state index contributed by atoms with van der Waals surface area (Å²) in [4.78, 5) is 12.7. The molecular weight excluding hydrogens is 460 g/mol. The highest BCUT2D eigenvalue weighted by atomic mass is 16.5. The molecule has 0 bridgehead atoms. The molecule has 0 unspecified atom stereocenters. The number of nitrogens with one attached hydrogen (secondary N) is 1. The van der Waals surface area contributed by atoms with Gasteiger partial charge < -0.3 is 34.7 Å². The van der Waals surface area contributed by atoms with Gasteiger partial charge in [-0.25, -0.2) is 0 Å². The summed E-state index contributed by atoms with van der Waals surface area (Å²) in [5.41, 5.74) is 9.46. The predicted molar refractivity (Wildman–Crippen MR) is 143 cm³/mol. The summed E-state index contributed by atoms with van der Waals surface area (Å²) in [6.07, 6.45) is 6.88. The van der Waals surface area contributed by atoms with E-state index in [0.29, 0.717) is 45.7 Å². The molecule has 1 amide bonds. The number of para-hydroxylation sites is 1. The monoisotopic (exact) mass is 490 g/mol. The third kappa shape index (κ3) is 6.09. The Bertz CT molecular complexity index is 1260. The predicted octanol–water partition coefficient (Wildman–Crippen LogP) is 5.13. The molecule has 0 fully saturated rings. The number of ether oxygens (including phenoxy) is 5. The molecule has 0 heterocycles. The van der Waals surface area contributed by atoms with E-state index in [1.54, 1.807) is 39.5 Å². The average Bonchev–Trinajstić information content (AvgIpc) is 2.90. The van der Waals surface area contributed by atoms with Gasteiger partial charge >= 0.3 is 0 Å². The average molecular weight is 491 g/mol. The standard InChI is InChI=1S/C28H30N2O6/c1-32-23-15-18(14-21(29)27(23)35-4)11-13-26(31)30-22-9-7-6-8-20(22)12-10-19-16-24(33-2)28(36-5)25(17-19)34-3/h6-17H,29H2,1-5H3,(H,30,31)/b12-10?,13-11+. The number of hydrogen-bond donors (Lipinski definition) is 2. The summed E-state index contributed by atoms with van der Waals surface area (Å²) >= 11 is 0. The van der Waals surface area contributed by atoms with Gasteiger partial charge in [-0.1, -0.05) is 30.4 Å². The Morgan fingerprint density at radius 2 is 1.28 bits per heavy atom. The van der Waals surface area contributed by atoms with Crippen molar-refractivity contribution in [3.05, 3.63) is 71.3 Å². The molecule has 8 heteroatoms. The maximum atomic E-state index is 12.7. The lowest BCUT2D eigenvalue weighted by molar-refractivity contribution is -0.111. The van der Waals surface area contributed by atoms with E-state index in [0.717, 1.165) is 11.1 Å². The Kier molecular flexibility index (Phi) is 8.83.